The first-order valence-corrected chi connectivity index (χ1v) is 6.44. The van der Waals surface area contributed by atoms with Crippen molar-refractivity contribution in [1.82, 2.24) is 9.55 Å². The predicted molar refractivity (Wildman–Crippen MR) is 76.7 cm³/mol. The maximum atomic E-state index is 12.2. The number of nitrogens with zero attached hydrogens (tertiary/aromatic N) is 2. The summed E-state index contributed by atoms with van der Waals surface area (Å²) in [7, 11) is 0. The summed E-state index contributed by atoms with van der Waals surface area (Å²) in [4.78, 5) is 13.9. The summed E-state index contributed by atoms with van der Waals surface area (Å²) in [6.45, 7) is 0.126. The SMILES string of the molecule is [2H]C([2H])(O)[C@H]1O[C@@H](n2c(C)cc(N)nc2=O)C(Cl)(C#CC)[C@H]1O. The molecule has 1 unspecified atom stereocenters. The Labute approximate surface area is 129 Å². The van der Waals surface area contributed by atoms with Crippen LogP contribution in [0, 0.1) is 18.8 Å². The summed E-state index contributed by atoms with van der Waals surface area (Å²) in [5.74, 6) is 5.05. The van der Waals surface area contributed by atoms with Crippen molar-refractivity contribution in [3.8, 4) is 11.8 Å². The lowest BCUT2D eigenvalue weighted by Crippen LogP contribution is -2.44. The van der Waals surface area contributed by atoms with Gasteiger partial charge >= 0.3 is 5.69 Å². The van der Waals surface area contributed by atoms with Crippen molar-refractivity contribution in [3.05, 3.63) is 22.2 Å². The summed E-state index contributed by atoms with van der Waals surface area (Å²) in [6.07, 6.45) is -4.75. The molecule has 7 nitrogen and oxygen atoms in total. The lowest BCUT2D eigenvalue weighted by molar-refractivity contribution is -0.0470. The van der Waals surface area contributed by atoms with E-state index in [1.807, 2.05) is 0 Å². The smallest absolute Gasteiger partial charge is 0.351 e. The molecule has 1 aliphatic heterocycles. The van der Waals surface area contributed by atoms with E-state index >= 15 is 0 Å². The molecular formula is C13H16ClN3O4. The molecule has 114 valence electrons. The number of hydrogen-bond donors (Lipinski definition) is 3. The minimum absolute atomic E-state index is 0.00178. The highest BCUT2D eigenvalue weighted by Gasteiger charge is 2.56. The van der Waals surface area contributed by atoms with Gasteiger partial charge in [-0.15, -0.1) is 5.92 Å². The minimum Gasteiger partial charge on any atom is -0.394 e. The molecule has 1 aromatic rings. The highest BCUT2D eigenvalue weighted by Crippen LogP contribution is 2.43. The minimum atomic E-state index is -2.89. The largest absolute Gasteiger partial charge is 0.394 e. The van der Waals surface area contributed by atoms with Gasteiger partial charge in [-0.2, -0.15) is 4.98 Å². The van der Waals surface area contributed by atoms with E-state index < -0.39 is 35.6 Å². The van der Waals surface area contributed by atoms with Crippen molar-refractivity contribution < 1.29 is 17.7 Å². The number of hydrogen-bond acceptors (Lipinski definition) is 6. The van der Waals surface area contributed by atoms with E-state index in [9.17, 15) is 15.0 Å². The molecule has 0 amide bonds. The van der Waals surface area contributed by atoms with Gasteiger partial charge in [0, 0.05) is 5.69 Å². The molecule has 1 aliphatic rings. The number of nitrogen functional groups attached to an aromatic ring is 1. The van der Waals surface area contributed by atoms with E-state index in [2.05, 4.69) is 16.8 Å². The third kappa shape index (κ3) is 2.51. The molecule has 0 saturated carbocycles. The van der Waals surface area contributed by atoms with Gasteiger partial charge in [0.05, 0.1) is 9.30 Å². The third-order valence-electron chi connectivity index (χ3n) is 3.20. The van der Waals surface area contributed by atoms with Gasteiger partial charge < -0.3 is 20.7 Å². The van der Waals surface area contributed by atoms with Crippen molar-refractivity contribution in [2.75, 3.05) is 12.3 Å². The van der Waals surface area contributed by atoms with Crippen molar-refractivity contribution in [2.45, 2.75) is 37.2 Å². The lowest BCUT2D eigenvalue weighted by atomic mass is 9.99. The van der Waals surface area contributed by atoms with Gasteiger partial charge in [-0.25, -0.2) is 4.79 Å². The first-order chi connectivity index (χ1) is 10.5. The van der Waals surface area contributed by atoms with Crippen LogP contribution < -0.4 is 11.4 Å². The second-order valence-electron chi connectivity index (χ2n) is 4.60. The van der Waals surface area contributed by atoms with Crippen LogP contribution >= 0.6 is 11.6 Å². The van der Waals surface area contributed by atoms with Gasteiger partial charge in [-0.1, -0.05) is 17.5 Å². The zero-order valence-electron chi connectivity index (χ0n) is 13.4. The highest BCUT2D eigenvalue weighted by molar-refractivity contribution is 6.27. The van der Waals surface area contributed by atoms with Crippen LogP contribution in [0.4, 0.5) is 5.82 Å². The fourth-order valence-corrected chi connectivity index (χ4v) is 2.63. The van der Waals surface area contributed by atoms with E-state index in [0.29, 0.717) is 5.69 Å². The maximum absolute atomic E-state index is 12.2. The number of aliphatic hydroxyl groups excluding tert-OH is 1. The number of nitrogens with two attached hydrogens (primary N) is 1. The Morgan fingerprint density at radius 2 is 2.43 bits per heavy atom. The molecule has 8 heteroatoms. The molecule has 1 fully saturated rings. The lowest BCUT2D eigenvalue weighted by Gasteiger charge is -2.26. The van der Waals surface area contributed by atoms with E-state index in [4.69, 9.17) is 24.8 Å². The monoisotopic (exact) mass is 315 g/mol. The number of aliphatic hydroxyl groups is 2. The number of aryl methyl sites for hydroxylation is 1. The number of ether oxygens (including phenoxy) is 1. The first-order valence-electron chi connectivity index (χ1n) is 7.06. The topological polar surface area (TPSA) is 111 Å². The molecule has 1 saturated heterocycles. The number of alkyl halides is 1. The maximum Gasteiger partial charge on any atom is 0.351 e. The summed E-state index contributed by atoms with van der Waals surface area (Å²) < 4.78 is 21.1. The number of aromatic nitrogens is 2. The molecule has 2 rings (SSSR count). The van der Waals surface area contributed by atoms with Gasteiger partial charge in [-0.3, -0.25) is 4.57 Å². The quantitative estimate of drug-likeness (QED) is 0.496. The molecule has 4 N–H and O–H groups in total. The van der Waals surface area contributed by atoms with E-state index in [1.54, 1.807) is 6.92 Å². The van der Waals surface area contributed by atoms with Crippen LogP contribution in [0.3, 0.4) is 0 Å². The van der Waals surface area contributed by atoms with Gasteiger partial charge in [0.15, 0.2) is 11.1 Å². The van der Waals surface area contributed by atoms with E-state index in [1.165, 1.54) is 13.0 Å². The molecule has 0 spiro atoms. The molecule has 0 aromatic carbocycles. The van der Waals surface area contributed by atoms with Crippen LogP contribution in [-0.4, -0.2) is 43.4 Å². The van der Waals surface area contributed by atoms with Crippen molar-refractivity contribution in [2.24, 2.45) is 0 Å². The zero-order valence-corrected chi connectivity index (χ0v) is 12.1. The van der Waals surface area contributed by atoms with Gasteiger partial charge in [0.1, 0.15) is 18.0 Å². The van der Waals surface area contributed by atoms with E-state index in [-0.39, 0.29) is 5.82 Å². The van der Waals surface area contributed by atoms with Gasteiger partial charge in [0.2, 0.25) is 0 Å². The van der Waals surface area contributed by atoms with Gasteiger partial charge in [0.25, 0.3) is 0 Å². The third-order valence-corrected chi connectivity index (χ3v) is 3.70. The summed E-state index contributed by atoms with van der Waals surface area (Å²) in [5, 5.41) is 19.9. The number of halogens is 1. The second kappa shape index (κ2) is 5.66. The molecule has 4 atom stereocenters. The molecule has 0 radical (unpaired) electrons. The van der Waals surface area contributed by atoms with Crippen molar-refractivity contribution in [3.63, 3.8) is 0 Å². The Morgan fingerprint density at radius 1 is 1.76 bits per heavy atom. The van der Waals surface area contributed by atoms with Gasteiger partial charge in [-0.05, 0) is 19.9 Å². The normalized spacial score (nSPS) is 33.9. The average molecular weight is 316 g/mol. The van der Waals surface area contributed by atoms with Crippen molar-refractivity contribution in [1.29, 1.82) is 0 Å². The zero-order chi connectivity index (χ0) is 17.6. The highest BCUT2D eigenvalue weighted by atomic mass is 35.5. The predicted octanol–water partition coefficient (Wildman–Crippen LogP) is -0.615. The van der Waals surface area contributed by atoms with Crippen LogP contribution in [0.25, 0.3) is 0 Å². The van der Waals surface area contributed by atoms with Crippen LogP contribution in [0.2, 0.25) is 0 Å². The van der Waals surface area contributed by atoms with Crippen LogP contribution in [0.5, 0.6) is 0 Å². The Balaban J connectivity index is 2.65. The van der Waals surface area contributed by atoms with Crippen molar-refractivity contribution >= 4 is 17.4 Å². The van der Waals surface area contributed by atoms with Crippen LogP contribution in [-0.2, 0) is 4.74 Å². The summed E-state index contributed by atoms with van der Waals surface area (Å²) in [5.41, 5.74) is 5.05. The van der Waals surface area contributed by atoms with E-state index in [0.717, 1.165) is 4.57 Å². The Morgan fingerprint density at radius 3 is 2.95 bits per heavy atom. The first kappa shape index (κ1) is 13.1. The Bertz CT molecular complexity index is 739. The molecule has 1 aromatic heterocycles. The summed E-state index contributed by atoms with van der Waals surface area (Å²) >= 11 is 6.36. The molecule has 21 heavy (non-hydrogen) atoms. The Hall–Kier alpha value is -1.59. The Kier molecular flexibility index (Phi) is 3.53. The fraction of sp³-hybridized carbons (Fsp3) is 0.538. The number of anilines is 1. The summed E-state index contributed by atoms with van der Waals surface area (Å²) in [6, 6.07) is 1.40. The molecular weight excluding hydrogens is 298 g/mol. The van der Waals surface area contributed by atoms with Crippen LogP contribution in [0.1, 0.15) is 21.6 Å². The number of rotatable bonds is 2. The standard InChI is InChI=1S/C13H16ClN3O4/c1-3-4-13(14)10(19)8(6-18)21-11(13)17-7(2)5-9(15)16-12(17)20/h5,8,10-11,18-19H,6H2,1-2H3,(H2,15,16,20)/t8-,10+,11-,13?/m1/s1/i6D2. The molecule has 0 aliphatic carbocycles. The fourth-order valence-electron chi connectivity index (χ4n) is 2.27. The second-order valence-corrected chi connectivity index (χ2v) is 5.23. The molecule has 0 bridgehead atoms. The molecule has 2 heterocycles. The average Bonchev–Trinajstić information content (AvgIpc) is 2.63. The van der Waals surface area contributed by atoms with Crippen LogP contribution in [0.15, 0.2) is 10.9 Å².